The number of hydrogen-bond acceptors (Lipinski definition) is 4. The van der Waals surface area contributed by atoms with Crippen molar-refractivity contribution in [3.8, 4) is 11.8 Å². The van der Waals surface area contributed by atoms with Gasteiger partial charge in [0.15, 0.2) is 0 Å². The summed E-state index contributed by atoms with van der Waals surface area (Å²) in [7, 11) is 1.49. The second kappa shape index (κ2) is 7.09. The van der Waals surface area contributed by atoms with E-state index in [0.717, 1.165) is 0 Å². The van der Waals surface area contributed by atoms with Gasteiger partial charge in [0.25, 0.3) is 0 Å². The summed E-state index contributed by atoms with van der Waals surface area (Å²) in [5.41, 5.74) is 1.02. The van der Waals surface area contributed by atoms with Crippen LogP contribution >= 0.6 is 0 Å². The van der Waals surface area contributed by atoms with Gasteiger partial charge in [-0.3, -0.25) is 4.79 Å². The number of nitrogens with zero attached hydrogens (tertiary/aromatic N) is 1. The van der Waals surface area contributed by atoms with E-state index in [1.54, 1.807) is 24.3 Å². The molecule has 1 rings (SSSR count). The molecule has 0 aliphatic rings. The number of amides is 1. The van der Waals surface area contributed by atoms with Crippen LogP contribution in [0.3, 0.4) is 0 Å². The Hall–Kier alpha value is -2.32. The number of benzene rings is 1. The largest absolute Gasteiger partial charge is 0.495 e. The minimum Gasteiger partial charge on any atom is -0.495 e. The highest BCUT2D eigenvalue weighted by atomic mass is 16.5. The molecule has 18 heavy (non-hydrogen) atoms. The van der Waals surface area contributed by atoms with Gasteiger partial charge in [-0.1, -0.05) is 6.08 Å². The topological polar surface area (TPSA) is 74.2 Å². The van der Waals surface area contributed by atoms with E-state index in [-0.39, 0.29) is 12.5 Å². The lowest BCUT2D eigenvalue weighted by molar-refractivity contribution is -0.115. The Balaban J connectivity index is 2.69. The number of anilines is 1. The Morgan fingerprint density at radius 3 is 3.00 bits per heavy atom. The van der Waals surface area contributed by atoms with Gasteiger partial charge in [0.1, 0.15) is 5.75 Å². The van der Waals surface area contributed by atoms with E-state index < -0.39 is 0 Å². The SMILES string of the molecule is C=CCNCC(=O)Nc1ccc(C#N)cc1OC. The summed E-state index contributed by atoms with van der Waals surface area (Å²) in [5, 5.41) is 14.4. The van der Waals surface area contributed by atoms with Crippen molar-refractivity contribution in [3.05, 3.63) is 36.4 Å². The second-order valence-electron chi connectivity index (χ2n) is 3.49. The molecule has 5 heteroatoms. The van der Waals surface area contributed by atoms with E-state index in [4.69, 9.17) is 10.00 Å². The van der Waals surface area contributed by atoms with E-state index in [9.17, 15) is 4.79 Å². The summed E-state index contributed by atoms with van der Waals surface area (Å²) in [4.78, 5) is 11.6. The number of carbonyl (C=O) groups is 1. The van der Waals surface area contributed by atoms with Gasteiger partial charge in [0.2, 0.25) is 5.91 Å². The van der Waals surface area contributed by atoms with Crippen molar-refractivity contribution in [2.75, 3.05) is 25.5 Å². The smallest absolute Gasteiger partial charge is 0.238 e. The maximum atomic E-state index is 11.6. The number of methoxy groups -OCH3 is 1. The van der Waals surface area contributed by atoms with Crippen LogP contribution in [0.15, 0.2) is 30.9 Å². The van der Waals surface area contributed by atoms with Gasteiger partial charge >= 0.3 is 0 Å². The fraction of sp³-hybridized carbons (Fsp3) is 0.231. The van der Waals surface area contributed by atoms with E-state index >= 15 is 0 Å². The molecule has 0 atom stereocenters. The predicted molar refractivity (Wildman–Crippen MR) is 69.4 cm³/mol. The molecule has 5 nitrogen and oxygen atoms in total. The Morgan fingerprint density at radius 2 is 2.39 bits per heavy atom. The minimum atomic E-state index is -0.181. The van der Waals surface area contributed by atoms with E-state index in [1.165, 1.54) is 7.11 Å². The molecule has 0 bridgehead atoms. The molecule has 0 aromatic heterocycles. The van der Waals surface area contributed by atoms with Gasteiger partial charge in [0.05, 0.1) is 31.0 Å². The molecule has 0 saturated carbocycles. The van der Waals surface area contributed by atoms with Crippen LogP contribution in [0.1, 0.15) is 5.56 Å². The minimum absolute atomic E-state index is 0.181. The van der Waals surface area contributed by atoms with Crippen molar-refractivity contribution >= 4 is 11.6 Å². The standard InChI is InChI=1S/C13H15N3O2/c1-3-6-15-9-13(17)16-11-5-4-10(8-14)7-12(11)18-2/h3-5,7,15H,1,6,9H2,2H3,(H,16,17). The summed E-state index contributed by atoms with van der Waals surface area (Å²) >= 11 is 0. The van der Waals surface area contributed by atoms with Crippen molar-refractivity contribution < 1.29 is 9.53 Å². The summed E-state index contributed by atoms with van der Waals surface area (Å²) < 4.78 is 5.11. The number of nitrogens with one attached hydrogen (secondary N) is 2. The Bertz CT molecular complexity index is 478. The maximum absolute atomic E-state index is 11.6. The molecule has 0 saturated heterocycles. The highest BCUT2D eigenvalue weighted by molar-refractivity contribution is 5.93. The van der Waals surface area contributed by atoms with Crippen LogP contribution in [-0.2, 0) is 4.79 Å². The van der Waals surface area contributed by atoms with Gasteiger partial charge < -0.3 is 15.4 Å². The molecular weight excluding hydrogens is 230 g/mol. The van der Waals surface area contributed by atoms with Gasteiger partial charge in [0, 0.05) is 12.6 Å². The molecule has 0 fully saturated rings. The van der Waals surface area contributed by atoms with Gasteiger partial charge in [-0.2, -0.15) is 5.26 Å². The fourth-order valence-electron chi connectivity index (χ4n) is 1.35. The highest BCUT2D eigenvalue weighted by Crippen LogP contribution is 2.25. The lowest BCUT2D eigenvalue weighted by Gasteiger charge is -2.10. The molecule has 0 spiro atoms. The normalized spacial score (nSPS) is 9.33. The third-order valence-electron chi connectivity index (χ3n) is 2.18. The molecule has 1 aromatic rings. The number of nitriles is 1. The Labute approximate surface area is 106 Å². The summed E-state index contributed by atoms with van der Waals surface area (Å²) in [5.74, 6) is 0.283. The van der Waals surface area contributed by atoms with Gasteiger partial charge in [-0.25, -0.2) is 0 Å². The van der Waals surface area contributed by atoms with Crippen molar-refractivity contribution in [3.63, 3.8) is 0 Å². The first kappa shape index (κ1) is 13.7. The average Bonchev–Trinajstić information content (AvgIpc) is 2.39. The first-order valence-electron chi connectivity index (χ1n) is 5.41. The quantitative estimate of drug-likeness (QED) is 0.585. The van der Waals surface area contributed by atoms with Crippen LogP contribution < -0.4 is 15.4 Å². The predicted octanol–water partition coefficient (Wildman–Crippen LogP) is 1.28. The summed E-state index contributed by atoms with van der Waals surface area (Å²) in [6, 6.07) is 6.85. The number of carbonyl (C=O) groups excluding carboxylic acids is 1. The van der Waals surface area contributed by atoms with Crippen LogP contribution in [0, 0.1) is 11.3 Å². The average molecular weight is 245 g/mol. The van der Waals surface area contributed by atoms with Crippen LogP contribution in [0.5, 0.6) is 5.75 Å². The number of rotatable bonds is 6. The van der Waals surface area contributed by atoms with Crippen LogP contribution in [-0.4, -0.2) is 26.1 Å². The molecule has 0 aliphatic carbocycles. The molecule has 1 amide bonds. The lowest BCUT2D eigenvalue weighted by Crippen LogP contribution is -2.28. The first-order chi connectivity index (χ1) is 8.71. The third kappa shape index (κ3) is 3.92. The molecule has 0 heterocycles. The number of hydrogen-bond donors (Lipinski definition) is 2. The van der Waals surface area contributed by atoms with Gasteiger partial charge in [-0.15, -0.1) is 6.58 Å². The van der Waals surface area contributed by atoms with Crippen LogP contribution in [0.2, 0.25) is 0 Å². The van der Waals surface area contributed by atoms with E-state index in [1.807, 2.05) is 6.07 Å². The number of ether oxygens (including phenoxy) is 1. The molecular formula is C13H15N3O2. The Kier molecular flexibility index (Phi) is 5.42. The highest BCUT2D eigenvalue weighted by Gasteiger charge is 2.07. The van der Waals surface area contributed by atoms with Crippen molar-refractivity contribution in [2.45, 2.75) is 0 Å². The lowest BCUT2D eigenvalue weighted by atomic mass is 10.2. The van der Waals surface area contributed by atoms with Gasteiger partial charge in [-0.05, 0) is 12.1 Å². The monoisotopic (exact) mass is 245 g/mol. The molecule has 94 valence electrons. The first-order valence-corrected chi connectivity index (χ1v) is 5.41. The Morgan fingerprint density at radius 1 is 1.61 bits per heavy atom. The molecule has 0 unspecified atom stereocenters. The third-order valence-corrected chi connectivity index (χ3v) is 2.18. The molecule has 0 aliphatic heterocycles. The van der Waals surface area contributed by atoms with Crippen molar-refractivity contribution in [1.82, 2.24) is 5.32 Å². The van der Waals surface area contributed by atoms with Crippen LogP contribution in [0.4, 0.5) is 5.69 Å². The summed E-state index contributed by atoms with van der Waals surface area (Å²) in [6.07, 6.45) is 1.68. The zero-order valence-corrected chi connectivity index (χ0v) is 10.2. The zero-order valence-electron chi connectivity index (χ0n) is 10.2. The van der Waals surface area contributed by atoms with E-state index in [0.29, 0.717) is 23.5 Å². The maximum Gasteiger partial charge on any atom is 0.238 e. The molecule has 0 radical (unpaired) electrons. The summed E-state index contributed by atoms with van der Waals surface area (Å²) in [6.45, 7) is 4.30. The van der Waals surface area contributed by atoms with Crippen molar-refractivity contribution in [2.24, 2.45) is 0 Å². The van der Waals surface area contributed by atoms with Crippen LogP contribution in [0.25, 0.3) is 0 Å². The molecule has 1 aromatic carbocycles. The van der Waals surface area contributed by atoms with Crippen molar-refractivity contribution in [1.29, 1.82) is 5.26 Å². The fourth-order valence-corrected chi connectivity index (χ4v) is 1.35. The van der Waals surface area contributed by atoms with E-state index in [2.05, 4.69) is 17.2 Å². The molecule has 2 N–H and O–H groups in total. The zero-order chi connectivity index (χ0) is 13.4. The second-order valence-corrected chi connectivity index (χ2v) is 3.49.